The lowest BCUT2D eigenvalue weighted by atomic mass is 10.3. The van der Waals surface area contributed by atoms with Gasteiger partial charge in [0.15, 0.2) is 4.34 Å². The molecule has 0 fully saturated rings. The van der Waals surface area contributed by atoms with Crippen LogP contribution in [0.25, 0.3) is 0 Å². The van der Waals surface area contributed by atoms with Gasteiger partial charge in [-0.25, -0.2) is 4.98 Å². The number of amides is 1. The normalized spacial score (nSPS) is 12.1. The van der Waals surface area contributed by atoms with Crippen LogP contribution in [0.15, 0.2) is 40.2 Å². The van der Waals surface area contributed by atoms with E-state index < -0.39 is 0 Å². The quantitative estimate of drug-likeness (QED) is 0.667. The summed E-state index contributed by atoms with van der Waals surface area (Å²) in [6.45, 7) is 1.85. The Hall–Kier alpha value is -1.53. The van der Waals surface area contributed by atoms with Gasteiger partial charge in [0, 0.05) is 23.0 Å². The van der Waals surface area contributed by atoms with Gasteiger partial charge < -0.3 is 11.1 Å². The van der Waals surface area contributed by atoms with Gasteiger partial charge in [0.25, 0.3) is 0 Å². The number of nitrogens with zero attached hydrogens (tertiary/aromatic N) is 1. The van der Waals surface area contributed by atoms with Crippen LogP contribution in [-0.2, 0) is 4.79 Å². The first kappa shape index (κ1) is 12.9. The molecule has 6 heteroatoms. The Morgan fingerprint density at radius 1 is 1.56 bits per heavy atom. The molecular formula is C12H13N3OS2. The number of aromatic nitrogens is 1. The number of nitrogens with one attached hydrogen (secondary N) is 1. The smallest absolute Gasteiger partial charge is 0.237 e. The molecule has 0 bridgehead atoms. The summed E-state index contributed by atoms with van der Waals surface area (Å²) < 4.78 is 0.894. The van der Waals surface area contributed by atoms with E-state index in [4.69, 9.17) is 5.73 Å². The number of benzene rings is 1. The minimum atomic E-state index is -0.197. The van der Waals surface area contributed by atoms with Gasteiger partial charge in [-0.15, -0.1) is 11.3 Å². The number of anilines is 2. The molecule has 94 valence electrons. The number of nitrogens with two attached hydrogens (primary N) is 1. The van der Waals surface area contributed by atoms with Crippen LogP contribution in [0.3, 0.4) is 0 Å². The Morgan fingerprint density at radius 3 is 3.06 bits per heavy atom. The highest BCUT2D eigenvalue weighted by Crippen LogP contribution is 2.25. The van der Waals surface area contributed by atoms with Crippen molar-refractivity contribution in [3.8, 4) is 0 Å². The summed E-state index contributed by atoms with van der Waals surface area (Å²) in [5, 5.41) is 4.53. The third-order valence-corrected chi connectivity index (χ3v) is 4.23. The Bertz CT molecular complexity index is 528. The Balaban J connectivity index is 1.95. The second kappa shape index (κ2) is 5.88. The molecule has 1 aromatic heterocycles. The van der Waals surface area contributed by atoms with E-state index >= 15 is 0 Å². The lowest BCUT2D eigenvalue weighted by Crippen LogP contribution is -2.22. The van der Waals surface area contributed by atoms with E-state index in [9.17, 15) is 4.79 Å². The van der Waals surface area contributed by atoms with Crippen LogP contribution in [-0.4, -0.2) is 16.1 Å². The van der Waals surface area contributed by atoms with Crippen molar-refractivity contribution >= 4 is 40.4 Å². The van der Waals surface area contributed by atoms with Crippen molar-refractivity contribution in [3.63, 3.8) is 0 Å². The van der Waals surface area contributed by atoms with Crippen molar-refractivity contribution in [2.24, 2.45) is 0 Å². The first-order valence-electron chi connectivity index (χ1n) is 5.37. The fourth-order valence-corrected chi connectivity index (χ4v) is 3.11. The van der Waals surface area contributed by atoms with Crippen molar-refractivity contribution in [1.29, 1.82) is 0 Å². The summed E-state index contributed by atoms with van der Waals surface area (Å²) in [5.41, 5.74) is 7.00. The summed E-state index contributed by atoms with van der Waals surface area (Å²) in [5.74, 6) is -0.0548. The summed E-state index contributed by atoms with van der Waals surface area (Å²) in [4.78, 5) is 16.1. The number of carbonyl (C=O) groups is 1. The van der Waals surface area contributed by atoms with Crippen LogP contribution >= 0.6 is 23.1 Å². The maximum Gasteiger partial charge on any atom is 0.237 e. The second-order valence-corrected chi connectivity index (χ2v) is 6.16. The molecule has 18 heavy (non-hydrogen) atoms. The van der Waals surface area contributed by atoms with Crippen molar-refractivity contribution in [2.45, 2.75) is 16.5 Å². The lowest BCUT2D eigenvalue weighted by Gasteiger charge is -2.10. The Morgan fingerprint density at radius 2 is 2.39 bits per heavy atom. The molecule has 0 aliphatic carbocycles. The van der Waals surface area contributed by atoms with E-state index in [2.05, 4.69) is 10.3 Å². The van der Waals surface area contributed by atoms with Gasteiger partial charge in [0.05, 0.1) is 5.25 Å². The van der Waals surface area contributed by atoms with Crippen LogP contribution < -0.4 is 11.1 Å². The molecule has 0 aliphatic rings. The fourth-order valence-electron chi connectivity index (χ4n) is 1.33. The minimum absolute atomic E-state index is 0.0548. The van der Waals surface area contributed by atoms with Crippen LogP contribution in [0.1, 0.15) is 6.92 Å². The SMILES string of the molecule is CC(Sc1nccs1)C(=O)Nc1cccc(N)c1. The Labute approximate surface area is 114 Å². The van der Waals surface area contributed by atoms with Crippen LogP contribution in [0, 0.1) is 0 Å². The Kier molecular flexibility index (Phi) is 4.22. The zero-order chi connectivity index (χ0) is 13.0. The predicted molar refractivity (Wildman–Crippen MR) is 76.9 cm³/mol. The largest absolute Gasteiger partial charge is 0.399 e. The molecule has 1 heterocycles. The van der Waals surface area contributed by atoms with Gasteiger partial charge in [0.1, 0.15) is 0 Å². The summed E-state index contributed by atoms with van der Waals surface area (Å²) in [6.07, 6.45) is 1.73. The number of nitrogen functional groups attached to an aromatic ring is 1. The van der Waals surface area contributed by atoms with Crippen LogP contribution in [0.2, 0.25) is 0 Å². The van der Waals surface area contributed by atoms with E-state index in [-0.39, 0.29) is 11.2 Å². The number of thioether (sulfide) groups is 1. The average Bonchev–Trinajstić information content (AvgIpc) is 2.81. The fraction of sp³-hybridized carbons (Fsp3) is 0.167. The minimum Gasteiger partial charge on any atom is -0.399 e. The summed E-state index contributed by atoms with van der Waals surface area (Å²) in [7, 11) is 0. The highest BCUT2D eigenvalue weighted by atomic mass is 32.2. The molecule has 0 saturated carbocycles. The molecule has 0 radical (unpaired) electrons. The van der Waals surface area contributed by atoms with Crippen LogP contribution in [0.4, 0.5) is 11.4 Å². The molecule has 1 atom stereocenters. The second-order valence-electron chi connectivity index (χ2n) is 3.67. The summed E-state index contributed by atoms with van der Waals surface area (Å²) in [6, 6.07) is 7.14. The van der Waals surface area contributed by atoms with E-state index in [0.29, 0.717) is 11.4 Å². The predicted octanol–water partition coefficient (Wildman–Crippen LogP) is 2.84. The molecule has 0 saturated heterocycles. The average molecular weight is 279 g/mol. The first-order valence-corrected chi connectivity index (χ1v) is 7.13. The van der Waals surface area contributed by atoms with Crippen LogP contribution in [0.5, 0.6) is 0 Å². The van der Waals surface area contributed by atoms with Gasteiger partial charge >= 0.3 is 0 Å². The van der Waals surface area contributed by atoms with E-state index in [1.54, 1.807) is 18.3 Å². The van der Waals surface area contributed by atoms with E-state index in [0.717, 1.165) is 4.34 Å². The number of carbonyl (C=O) groups excluding carboxylic acids is 1. The van der Waals surface area contributed by atoms with E-state index in [1.165, 1.54) is 23.1 Å². The highest BCUT2D eigenvalue weighted by Gasteiger charge is 2.15. The van der Waals surface area contributed by atoms with Crippen molar-refractivity contribution in [3.05, 3.63) is 35.8 Å². The summed E-state index contributed by atoms with van der Waals surface area (Å²) >= 11 is 2.98. The molecule has 2 aromatic rings. The standard InChI is InChI=1S/C12H13N3OS2/c1-8(18-12-14-5-6-17-12)11(16)15-10-4-2-3-9(13)7-10/h2-8H,13H2,1H3,(H,15,16). The molecular weight excluding hydrogens is 266 g/mol. The molecule has 3 N–H and O–H groups in total. The number of hydrogen-bond donors (Lipinski definition) is 2. The first-order chi connectivity index (χ1) is 8.65. The number of hydrogen-bond acceptors (Lipinski definition) is 5. The van der Waals surface area contributed by atoms with Gasteiger partial charge in [-0.3, -0.25) is 4.79 Å². The van der Waals surface area contributed by atoms with E-state index in [1.807, 2.05) is 24.4 Å². The van der Waals surface area contributed by atoms with Gasteiger partial charge in [0.2, 0.25) is 5.91 Å². The zero-order valence-electron chi connectivity index (χ0n) is 9.79. The topological polar surface area (TPSA) is 68.0 Å². The lowest BCUT2D eigenvalue weighted by molar-refractivity contribution is -0.115. The third-order valence-electron chi connectivity index (χ3n) is 2.21. The molecule has 0 aliphatic heterocycles. The molecule has 1 amide bonds. The zero-order valence-corrected chi connectivity index (χ0v) is 11.4. The molecule has 2 rings (SSSR count). The number of rotatable bonds is 4. The maximum atomic E-state index is 12.0. The maximum absolute atomic E-state index is 12.0. The third kappa shape index (κ3) is 3.48. The van der Waals surface area contributed by atoms with Crippen molar-refractivity contribution in [1.82, 2.24) is 4.98 Å². The molecule has 4 nitrogen and oxygen atoms in total. The highest BCUT2D eigenvalue weighted by molar-refractivity contribution is 8.02. The molecule has 1 aromatic carbocycles. The van der Waals surface area contributed by atoms with Gasteiger partial charge in [-0.1, -0.05) is 17.8 Å². The van der Waals surface area contributed by atoms with Crippen molar-refractivity contribution in [2.75, 3.05) is 11.1 Å². The van der Waals surface area contributed by atoms with Gasteiger partial charge in [-0.2, -0.15) is 0 Å². The van der Waals surface area contributed by atoms with Gasteiger partial charge in [-0.05, 0) is 25.1 Å². The van der Waals surface area contributed by atoms with Crippen molar-refractivity contribution < 1.29 is 4.79 Å². The molecule has 1 unspecified atom stereocenters. The monoisotopic (exact) mass is 279 g/mol. The number of thiazole rings is 1. The molecule has 0 spiro atoms.